The molecule has 2 rings (SSSR count). The lowest BCUT2D eigenvalue weighted by atomic mass is 10.2. The SMILES string of the molecule is CCc1ccc(Cc2ccc(C=O)o2)nc1. The van der Waals surface area contributed by atoms with Crippen molar-refractivity contribution in [2.75, 3.05) is 0 Å². The summed E-state index contributed by atoms with van der Waals surface area (Å²) in [6, 6.07) is 7.52. The molecule has 0 unspecified atom stereocenters. The maximum atomic E-state index is 10.4. The summed E-state index contributed by atoms with van der Waals surface area (Å²) < 4.78 is 5.29. The highest BCUT2D eigenvalue weighted by Gasteiger charge is 2.03. The first kappa shape index (κ1) is 10.6. The monoisotopic (exact) mass is 215 g/mol. The summed E-state index contributed by atoms with van der Waals surface area (Å²) in [6.07, 6.45) is 4.19. The van der Waals surface area contributed by atoms with Gasteiger partial charge in [0.1, 0.15) is 5.76 Å². The maximum Gasteiger partial charge on any atom is 0.185 e. The number of aryl methyl sites for hydroxylation is 1. The van der Waals surface area contributed by atoms with Crippen molar-refractivity contribution in [1.29, 1.82) is 0 Å². The van der Waals surface area contributed by atoms with Gasteiger partial charge in [0, 0.05) is 18.3 Å². The van der Waals surface area contributed by atoms with Crippen molar-refractivity contribution in [1.82, 2.24) is 4.98 Å². The summed E-state index contributed by atoms with van der Waals surface area (Å²) in [6.45, 7) is 2.10. The van der Waals surface area contributed by atoms with Crippen LogP contribution in [-0.2, 0) is 12.8 Å². The normalized spacial score (nSPS) is 10.3. The number of aldehydes is 1. The van der Waals surface area contributed by atoms with E-state index in [4.69, 9.17) is 4.42 Å². The minimum absolute atomic E-state index is 0.361. The number of rotatable bonds is 4. The molecule has 3 nitrogen and oxygen atoms in total. The van der Waals surface area contributed by atoms with E-state index in [2.05, 4.69) is 18.0 Å². The molecule has 0 aliphatic carbocycles. The molecule has 0 radical (unpaired) electrons. The van der Waals surface area contributed by atoms with E-state index in [1.54, 1.807) is 12.1 Å². The van der Waals surface area contributed by atoms with Gasteiger partial charge >= 0.3 is 0 Å². The molecule has 0 saturated carbocycles. The fourth-order valence-electron chi connectivity index (χ4n) is 1.50. The zero-order valence-corrected chi connectivity index (χ0v) is 9.14. The number of nitrogens with zero attached hydrogens (tertiary/aromatic N) is 1. The molecule has 0 aliphatic heterocycles. The fourth-order valence-corrected chi connectivity index (χ4v) is 1.50. The number of pyridine rings is 1. The van der Waals surface area contributed by atoms with Crippen LogP contribution in [0, 0.1) is 0 Å². The van der Waals surface area contributed by atoms with Crippen LogP contribution in [-0.4, -0.2) is 11.3 Å². The Morgan fingerprint density at radius 3 is 2.75 bits per heavy atom. The van der Waals surface area contributed by atoms with Gasteiger partial charge in [0.15, 0.2) is 12.0 Å². The van der Waals surface area contributed by atoms with Crippen LogP contribution < -0.4 is 0 Å². The Bertz CT molecular complexity index is 471. The van der Waals surface area contributed by atoms with Crippen molar-refractivity contribution < 1.29 is 9.21 Å². The summed E-state index contributed by atoms with van der Waals surface area (Å²) in [5, 5.41) is 0. The first-order valence-corrected chi connectivity index (χ1v) is 5.29. The van der Waals surface area contributed by atoms with Gasteiger partial charge in [-0.1, -0.05) is 13.0 Å². The summed E-state index contributed by atoms with van der Waals surface area (Å²) >= 11 is 0. The third kappa shape index (κ3) is 2.37. The second kappa shape index (κ2) is 4.75. The summed E-state index contributed by atoms with van der Waals surface area (Å²) in [7, 11) is 0. The Morgan fingerprint density at radius 1 is 1.31 bits per heavy atom. The topological polar surface area (TPSA) is 43.1 Å². The van der Waals surface area contributed by atoms with Gasteiger partial charge in [0.2, 0.25) is 0 Å². The molecule has 82 valence electrons. The van der Waals surface area contributed by atoms with Crippen molar-refractivity contribution in [2.45, 2.75) is 19.8 Å². The number of furan rings is 1. The van der Waals surface area contributed by atoms with Gasteiger partial charge in [0.25, 0.3) is 0 Å². The fraction of sp³-hybridized carbons (Fsp3) is 0.231. The van der Waals surface area contributed by atoms with Crippen LogP contribution in [0.2, 0.25) is 0 Å². The van der Waals surface area contributed by atoms with E-state index in [1.165, 1.54) is 5.56 Å². The van der Waals surface area contributed by atoms with Crippen LogP contribution in [0.4, 0.5) is 0 Å². The standard InChI is InChI=1S/C13H13NO2/c1-2-10-3-4-11(14-8-10)7-12-5-6-13(9-15)16-12/h3-6,8-9H,2,7H2,1H3. The number of hydrogen-bond donors (Lipinski definition) is 0. The van der Waals surface area contributed by atoms with E-state index in [9.17, 15) is 4.79 Å². The minimum Gasteiger partial charge on any atom is -0.458 e. The molecule has 0 aliphatic rings. The second-order valence-electron chi connectivity index (χ2n) is 3.61. The van der Waals surface area contributed by atoms with E-state index in [0.717, 1.165) is 17.9 Å². The lowest BCUT2D eigenvalue weighted by Gasteiger charge is -1.99. The molecule has 0 aromatic carbocycles. The first-order chi connectivity index (χ1) is 7.81. The number of hydrogen-bond acceptors (Lipinski definition) is 3. The zero-order valence-electron chi connectivity index (χ0n) is 9.14. The number of carbonyl (C=O) groups is 1. The molecule has 0 atom stereocenters. The molecule has 0 amide bonds. The summed E-state index contributed by atoms with van der Waals surface area (Å²) in [5.74, 6) is 1.12. The van der Waals surface area contributed by atoms with E-state index < -0.39 is 0 Å². The van der Waals surface area contributed by atoms with Gasteiger partial charge < -0.3 is 4.42 Å². The summed E-state index contributed by atoms with van der Waals surface area (Å²) in [4.78, 5) is 14.8. The van der Waals surface area contributed by atoms with Crippen molar-refractivity contribution in [3.63, 3.8) is 0 Å². The lowest BCUT2D eigenvalue weighted by Crippen LogP contribution is -1.91. The molecule has 0 bridgehead atoms. The third-order valence-electron chi connectivity index (χ3n) is 2.45. The van der Waals surface area contributed by atoms with Crippen LogP contribution in [0.3, 0.4) is 0 Å². The average molecular weight is 215 g/mol. The Balaban J connectivity index is 2.10. The Kier molecular flexibility index (Phi) is 3.15. The molecule has 3 heteroatoms. The molecule has 0 fully saturated rings. The highest BCUT2D eigenvalue weighted by Crippen LogP contribution is 2.11. The zero-order chi connectivity index (χ0) is 11.4. The van der Waals surface area contributed by atoms with Gasteiger partial charge in [-0.3, -0.25) is 9.78 Å². The molecular formula is C13H13NO2. The molecule has 0 saturated heterocycles. The molecular weight excluding hydrogens is 202 g/mol. The predicted octanol–water partition coefficient (Wildman–Crippen LogP) is 2.64. The minimum atomic E-state index is 0.361. The smallest absolute Gasteiger partial charge is 0.185 e. The van der Waals surface area contributed by atoms with Gasteiger partial charge in [-0.15, -0.1) is 0 Å². The van der Waals surface area contributed by atoms with Crippen LogP contribution in [0.25, 0.3) is 0 Å². The van der Waals surface area contributed by atoms with Gasteiger partial charge in [0.05, 0.1) is 0 Å². The van der Waals surface area contributed by atoms with Gasteiger partial charge in [-0.25, -0.2) is 0 Å². The average Bonchev–Trinajstić information content (AvgIpc) is 2.78. The van der Waals surface area contributed by atoms with E-state index in [0.29, 0.717) is 18.5 Å². The highest BCUT2D eigenvalue weighted by molar-refractivity contribution is 5.70. The molecule has 0 spiro atoms. The van der Waals surface area contributed by atoms with Crippen LogP contribution in [0.1, 0.15) is 34.5 Å². The Morgan fingerprint density at radius 2 is 2.19 bits per heavy atom. The van der Waals surface area contributed by atoms with Crippen molar-refractivity contribution in [3.8, 4) is 0 Å². The van der Waals surface area contributed by atoms with Crippen LogP contribution in [0.15, 0.2) is 34.9 Å². The van der Waals surface area contributed by atoms with E-state index in [-0.39, 0.29) is 0 Å². The first-order valence-electron chi connectivity index (χ1n) is 5.29. The van der Waals surface area contributed by atoms with E-state index >= 15 is 0 Å². The molecule has 2 heterocycles. The number of aromatic nitrogens is 1. The molecule has 2 aromatic rings. The Labute approximate surface area is 94.1 Å². The van der Waals surface area contributed by atoms with Gasteiger partial charge in [-0.2, -0.15) is 0 Å². The summed E-state index contributed by atoms with van der Waals surface area (Å²) in [5.41, 5.74) is 2.17. The Hall–Kier alpha value is -1.90. The van der Waals surface area contributed by atoms with Crippen molar-refractivity contribution in [3.05, 3.63) is 53.2 Å². The largest absolute Gasteiger partial charge is 0.458 e. The molecule has 16 heavy (non-hydrogen) atoms. The van der Waals surface area contributed by atoms with Crippen molar-refractivity contribution in [2.24, 2.45) is 0 Å². The van der Waals surface area contributed by atoms with E-state index in [1.807, 2.05) is 12.3 Å². The van der Waals surface area contributed by atoms with Crippen LogP contribution >= 0.6 is 0 Å². The van der Waals surface area contributed by atoms with Crippen molar-refractivity contribution >= 4 is 6.29 Å². The predicted molar refractivity (Wildman–Crippen MR) is 60.5 cm³/mol. The molecule has 0 N–H and O–H groups in total. The third-order valence-corrected chi connectivity index (χ3v) is 2.45. The molecule has 2 aromatic heterocycles. The number of carbonyl (C=O) groups excluding carboxylic acids is 1. The lowest BCUT2D eigenvalue weighted by molar-refractivity contribution is 0.109. The van der Waals surface area contributed by atoms with Gasteiger partial charge in [-0.05, 0) is 30.2 Å². The van der Waals surface area contributed by atoms with Crippen LogP contribution in [0.5, 0.6) is 0 Å². The second-order valence-corrected chi connectivity index (χ2v) is 3.61. The highest BCUT2D eigenvalue weighted by atomic mass is 16.3. The quantitative estimate of drug-likeness (QED) is 0.736. The maximum absolute atomic E-state index is 10.4.